The van der Waals surface area contributed by atoms with E-state index in [1.807, 2.05) is 0 Å². The van der Waals surface area contributed by atoms with Crippen LogP contribution in [0.1, 0.15) is 49.7 Å². The second-order valence-corrected chi connectivity index (χ2v) is 7.88. The van der Waals surface area contributed by atoms with Gasteiger partial charge in [0.25, 0.3) is 0 Å². The summed E-state index contributed by atoms with van der Waals surface area (Å²) in [5.41, 5.74) is 2.80. The Hall–Kier alpha value is -1.31. The third-order valence-corrected chi connectivity index (χ3v) is 6.34. The van der Waals surface area contributed by atoms with Gasteiger partial charge in [-0.25, -0.2) is 0 Å². The summed E-state index contributed by atoms with van der Waals surface area (Å²) in [6, 6.07) is 9.04. The molecule has 4 aliphatic carbocycles. The number of carbonyl (C=O) groups is 1. The second-order valence-electron chi connectivity index (χ2n) is 7.88. The van der Waals surface area contributed by atoms with Gasteiger partial charge in [0.15, 0.2) is 0 Å². The molecule has 0 aliphatic heterocycles. The fourth-order valence-electron chi connectivity index (χ4n) is 5.96. The Morgan fingerprint density at radius 1 is 1.10 bits per heavy atom. The highest BCUT2D eigenvalue weighted by atomic mass is 16.5. The van der Waals surface area contributed by atoms with E-state index in [0.717, 1.165) is 19.3 Å². The van der Waals surface area contributed by atoms with Gasteiger partial charge in [0.1, 0.15) is 0 Å². The lowest BCUT2D eigenvalue weighted by Gasteiger charge is -2.61. The summed E-state index contributed by atoms with van der Waals surface area (Å²) >= 11 is 0. The number of rotatable bonds is 2. The van der Waals surface area contributed by atoms with Gasteiger partial charge in [0.05, 0.1) is 12.5 Å². The molecule has 0 aromatic heterocycles. The lowest BCUT2D eigenvalue weighted by molar-refractivity contribution is -0.171. The fraction of sp³-hybridized carbons (Fsp3) is 0.632. The normalized spacial score (nSPS) is 40.3. The summed E-state index contributed by atoms with van der Waals surface area (Å²) in [6.07, 6.45) is 6.99. The largest absolute Gasteiger partial charge is 0.469 e. The molecule has 4 bridgehead atoms. The zero-order valence-corrected chi connectivity index (χ0v) is 13.0. The second kappa shape index (κ2) is 4.34. The molecule has 0 amide bonds. The lowest BCUT2D eigenvalue weighted by atomic mass is 9.43. The van der Waals surface area contributed by atoms with Crippen LogP contribution in [0.4, 0.5) is 0 Å². The molecule has 4 aliphatic rings. The molecule has 1 aromatic rings. The molecule has 1 aromatic carbocycles. The Kier molecular flexibility index (Phi) is 2.76. The molecule has 0 heterocycles. The van der Waals surface area contributed by atoms with E-state index >= 15 is 0 Å². The maximum absolute atomic E-state index is 12.5. The lowest BCUT2D eigenvalue weighted by Crippen LogP contribution is -2.57. The monoisotopic (exact) mass is 284 g/mol. The minimum absolute atomic E-state index is 0.0492. The van der Waals surface area contributed by atoms with Crippen LogP contribution in [0.15, 0.2) is 24.3 Å². The van der Waals surface area contributed by atoms with E-state index in [-0.39, 0.29) is 16.8 Å². The van der Waals surface area contributed by atoms with Gasteiger partial charge in [-0.3, -0.25) is 4.79 Å². The topological polar surface area (TPSA) is 26.3 Å². The number of hydrogen-bond donors (Lipinski definition) is 0. The molecular formula is C19H24O2. The average Bonchev–Trinajstić information content (AvgIpc) is 2.45. The van der Waals surface area contributed by atoms with Crippen LogP contribution in [0.3, 0.4) is 0 Å². The molecule has 0 radical (unpaired) electrons. The van der Waals surface area contributed by atoms with Gasteiger partial charge in [-0.15, -0.1) is 0 Å². The Balaban J connectivity index is 1.76. The highest BCUT2D eigenvalue weighted by Gasteiger charge is 2.61. The summed E-state index contributed by atoms with van der Waals surface area (Å²) in [6.45, 7) is 2.14. The molecular weight excluding hydrogens is 260 g/mol. The van der Waals surface area contributed by atoms with Gasteiger partial charge in [-0.05, 0) is 68.3 Å². The van der Waals surface area contributed by atoms with Crippen molar-refractivity contribution in [1.29, 1.82) is 0 Å². The molecule has 4 atom stereocenters. The third kappa shape index (κ3) is 1.88. The van der Waals surface area contributed by atoms with Crippen LogP contribution in [-0.2, 0) is 14.9 Å². The van der Waals surface area contributed by atoms with Crippen LogP contribution < -0.4 is 0 Å². The maximum atomic E-state index is 12.5. The van der Waals surface area contributed by atoms with Crippen LogP contribution in [0.2, 0.25) is 0 Å². The van der Waals surface area contributed by atoms with Gasteiger partial charge in [-0.2, -0.15) is 0 Å². The molecule has 0 N–H and O–H groups in total. The van der Waals surface area contributed by atoms with Gasteiger partial charge in [0, 0.05) is 0 Å². The minimum atomic E-state index is -0.191. The van der Waals surface area contributed by atoms with E-state index in [1.54, 1.807) is 7.11 Å². The first-order valence-corrected chi connectivity index (χ1v) is 8.21. The van der Waals surface area contributed by atoms with E-state index in [2.05, 4.69) is 31.2 Å². The van der Waals surface area contributed by atoms with Crippen molar-refractivity contribution < 1.29 is 9.53 Å². The highest BCUT2D eigenvalue weighted by Crippen LogP contribution is 2.66. The predicted molar refractivity (Wildman–Crippen MR) is 82.0 cm³/mol. The van der Waals surface area contributed by atoms with Gasteiger partial charge < -0.3 is 4.74 Å². The number of hydrogen-bond acceptors (Lipinski definition) is 2. The molecule has 2 unspecified atom stereocenters. The van der Waals surface area contributed by atoms with Crippen LogP contribution in [0.5, 0.6) is 0 Å². The number of methoxy groups -OCH3 is 1. The van der Waals surface area contributed by atoms with Crippen molar-refractivity contribution in [3.63, 3.8) is 0 Å². The van der Waals surface area contributed by atoms with E-state index in [1.165, 1.54) is 30.4 Å². The van der Waals surface area contributed by atoms with Crippen molar-refractivity contribution in [3.05, 3.63) is 35.4 Å². The van der Waals surface area contributed by atoms with E-state index < -0.39 is 0 Å². The molecule has 2 heteroatoms. The van der Waals surface area contributed by atoms with Crippen molar-refractivity contribution in [3.8, 4) is 0 Å². The molecule has 0 spiro atoms. The number of ether oxygens (including phenoxy) is 1. The maximum Gasteiger partial charge on any atom is 0.311 e. The third-order valence-electron chi connectivity index (χ3n) is 6.34. The molecule has 4 fully saturated rings. The average molecular weight is 284 g/mol. The number of carbonyl (C=O) groups excluding carboxylic acids is 1. The highest BCUT2D eigenvalue weighted by molar-refractivity contribution is 5.78. The summed E-state index contributed by atoms with van der Waals surface area (Å²) in [7, 11) is 1.56. The fourth-order valence-corrected chi connectivity index (χ4v) is 5.96. The zero-order chi connectivity index (χ0) is 14.7. The van der Waals surface area contributed by atoms with Gasteiger partial charge in [-0.1, -0.05) is 29.8 Å². The van der Waals surface area contributed by atoms with Crippen molar-refractivity contribution in [1.82, 2.24) is 0 Å². The standard InChI is InChI=1S/C19H24O2/c1-13-3-5-16(6-4-13)18-8-14-7-15(9-18)11-19(10-14,12-18)17(20)21-2/h3-6,14-15H,7-12H2,1-2H3/t14-,15+,18?,19?. The van der Waals surface area contributed by atoms with Crippen LogP contribution in [-0.4, -0.2) is 13.1 Å². The molecule has 5 rings (SSSR count). The minimum Gasteiger partial charge on any atom is -0.469 e. The summed E-state index contributed by atoms with van der Waals surface area (Å²) in [4.78, 5) is 12.5. The van der Waals surface area contributed by atoms with Crippen molar-refractivity contribution in [2.75, 3.05) is 7.11 Å². The predicted octanol–water partition coefficient (Wildman–Crippen LogP) is 4.01. The Bertz CT molecular complexity index is 558. The zero-order valence-electron chi connectivity index (χ0n) is 13.0. The van der Waals surface area contributed by atoms with E-state index in [4.69, 9.17) is 4.74 Å². The van der Waals surface area contributed by atoms with Crippen molar-refractivity contribution in [2.45, 2.75) is 50.9 Å². The van der Waals surface area contributed by atoms with Gasteiger partial charge in [0.2, 0.25) is 0 Å². The molecule has 21 heavy (non-hydrogen) atoms. The first-order chi connectivity index (χ1) is 10.1. The molecule has 112 valence electrons. The quantitative estimate of drug-likeness (QED) is 0.767. The van der Waals surface area contributed by atoms with Crippen LogP contribution in [0, 0.1) is 24.2 Å². The summed E-state index contributed by atoms with van der Waals surface area (Å²) < 4.78 is 5.20. The van der Waals surface area contributed by atoms with Gasteiger partial charge >= 0.3 is 5.97 Å². The first kappa shape index (κ1) is 13.4. The first-order valence-electron chi connectivity index (χ1n) is 8.21. The molecule has 2 nitrogen and oxygen atoms in total. The molecule has 4 saturated carbocycles. The van der Waals surface area contributed by atoms with Crippen molar-refractivity contribution >= 4 is 5.97 Å². The SMILES string of the molecule is COC(=O)C12C[C@H]3C[C@@H](C1)CC(c1ccc(C)cc1)(C3)C2. The van der Waals surface area contributed by atoms with Crippen LogP contribution >= 0.6 is 0 Å². The van der Waals surface area contributed by atoms with Crippen molar-refractivity contribution in [2.24, 2.45) is 17.3 Å². The summed E-state index contributed by atoms with van der Waals surface area (Å²) in [5, 5.41) is 0. The number of benzene rings is 1. The van der Waals surface area contributed by atoms with E-state index in [9.17, 15) is 4.79 Å². The summed E-state index contributed by atoms with van der Waals surface area (Å²) in [5.74, 6) is 1.48. The number of aryl methyl sites for hydroxylation is 1. The van der Waals surface area contributed by atoms with E-state index in [0.29, 0.717) is 11.8 Å². The Labute approximate surface area is 126 Å². The van der Waals surface area contributed by atoms with Crippen LogP contribution in [0.25, 0.3) is 0 Å². The number of esters is 1. The Morgan fingerprint density at radius 2 is 1.71 bits per heavy atom. The molecule has 0 saturated heterocycles. The Morgan fingerprint density at radius 3 is 2.29 bits per heavy atom. The smallest absolute Gasteiger partial charge is 0.311 e.